The minimum atomic E-state index is -4.37. The maximum Gasteiger partial charge on any atom is 0.416 e. The van der Waals surface area contributed by atoms with Crippen LogP contribution in [-0.4, -0.2) is 0 Å². The maximum atomic E-state index is 12.7. The van der Waals surface area contributed by atoms with Gasteiger partial charge in [-0.15, -0.1) is 22.7 Å². The molecule has 8 heteroatoms. The number of halogens is 6. The zero-order chi connectivity index (χ0) is 24.3. The van der Waals surface area contributed by atoms with E-state index in [2.05, 4.69) is 0 Å². The van der Waals surface area contributed by atoms with Crippen molar-refractivity contribution in [2.24, 2.45) is 0 Å². The highest BCUT2D eigenvalue weighted by Gasteiger charge is 2.30. The first-order valence-corrected chi connectivity index (χ1v) is 11.7. The molecule has 0 amide bonds. The molecule has 174 valence electrons. The molecule has 4 aromatic rings. The van der Waals surface area contributed by atoms with Crippen LogP contribution in [0.1, 0.15) is 32.0 Å². The fraction of sp³-hybridized carbons (Fsp3) is 0.0769. The maximum absolute atomic E-state index is 12.7. The molecule has 34 heavy (non-hydrogen) atoms. The molecule has 2 heterocycles. The largest absolute Gasteiger partial charge is 0.416 e. The van der Waals surface area contributed by atoms with Crippen LogP contribution in [0.5, 0.6) is 0 Å². The lowest BCUT2D eigenvalue weighted by molar-refractivity contribution is -0.138. The Morgan fingerprint density at radius 3 is 1.15 bits per heavy atom. The minimum Gasteiger partial charge on any atom is -0.166 e. The molecular weight excluding hydrogens is 490 g/mol. The Hall–Kier alpha value is -3.10. The van der Waals surface area contributed by atoms with E-state index in [1.165, 1.54) is 46.9 Å². The van der Waals surface area contributed by atoms with E-state index in [9.17, 15) is 26.3 Å². The van der Waals surface area contributed by atoms with Gasteiger partial charge < -0.3 is 0 Å². The van der Waals surface area contributed by atoms with Gasteiger partial charge >= 0.3 is 12.4 Å². The van der Waals surface area contributed by atoms with Crippen molar-refractivity contribution < 1.29 is 26.3 Å². The normalized spacial score (nSPS) is 12.8. The summed E-state index contributed by atoms with van der Waals surface area (Å²) < 4.78 is 76.5. The highest BCUT2D eigenvalue weighted by molar-refractivity contribution is 7.12. The van der Waals surface area contributed by atoms with Crippen LogP contribution in [0.3, 0.4) is 0 Å². The second-order valence-corrected chi connectivity index (χ2v) is 9.20. The molecule has 0 fully saturated rings. The van der Waals surface area contributed by atoms with Crippen LogP contribution in [0.15, 0.2) is 71.4 Å². The van der Waals surface area contributed by atoms with Crippen molar-refractivity contribution in [1.82, 2.24) is 0 Å². The van der Waals surface area contributed by atoms with E-state index >= 15 is 0 Å². The van der Waals surface area contributed by atoms with Gasteiger partial charge in [0.1, 0.15) is 0 Å². The first-order valence-electron chi connectivity index (χ1n) is 9.97. The van der Waals surface area contributed by atoms with Crippen molar-refractivity contribution in [1.29, 1.82) is 0 Å². The molecule has 0 nitrogen and oxygen atoms in total. The van der Waals surface area contributed by atoms with Gasteiger partial charge in [0.2, 0.25) is 0 Å². The molecule has 0 N–H and O–H groups in total. The SMILES string of the molecule is FC(F)(F)c1ccc(C=Cc2sccc2-c2ccsc2C=Cc2ccc(C(F)(F)F)cc2)cc1. The van der Waals surface area contributed by atoms with E-state index in [0.29, 0.717) is 11.1 Å². The van der Waals surface area contributed by atoms with Crippen LogP contribution in [0.4, 0.5) is 26.3 Å². The van der Waals surface area contributed by atoms with E-state index in [-0.39, 0.29) is 0 Å². The predicted molar refractivity (Wildman–Crippen MR) is 128 cm³/mol. The highest BCUT2D eigenvalue weighted by Crippen LogP contribution is 2.36. The molecule has 2 aromatic carbocycles. The molecule has 0 unspecified atom stereocenters. The van der Waals surface area contributed by atoms with Crippen molar-refractivity contribution in [3.8, 4) is 11.1 Å². The van der Waals surface area contributed by atoms with E-state index in [4.69, 9.17) is 0 Å². The molecule has 0 spiro atoms. The minimum absolute atomic E-state index is 0.653. The average molecular weight is 507 g/mol. The van der Waals surface area contributed by atoms with Crippen molar-refractivity contribution in [2.75, 3.05) is 0 Å². The molecule has 0 aliphatic rings. The summed E-state index contributed by atoms with van der Waals surface area (Å²) in [5, 5.41) is 3.87. The number of benzene rings is 2. The third kappa shape index (κ3) is 5.69. The molecule has 0 aliphatic carbocycles. The highest BCUT2D eigenvalue weighted by atomic mass is 32.1. The van der Waals surface area contributed by atoms with Crippen molar-refractivity contribution in [2.45, 2.75) is 12.4 Å². The third-order valence-corrected chi connectivity index (χ3v) is 6.78. The van der Waals surface area contributed by atoms with Gasteiger partial charge in [-0.3, -0.25) is 0 Å². The van der Waals surface area contributed by atoms with Gasteiger partial charge in [0.15, 0.2) is 0 Å². The number of thiophene rings is 2. The molecule has 4 rings (SSSR count). The quantitative estimate of drug-likeness (QED) is 0.236. The first kappa shape index (κ1) is 24.0. The summed E-state index contributed by atoms with van der Waals surface area (Å²) in [5.41, 5.74) is 1.87. The Balaban J connectivity index is 1.53. The smallest absolute Gasteiger partial charge is 0.166 e. The Bertz CT molecular complexity index is 1200. The van der Waals surface area contributed by atoms with Gasteiger partial charge in [-0.25, -0.2) is 0 Å². The molecule has 0 radical (unpaired) electrons. The van der Waals surface area contributed by atoms with Crippen LogP contribution < -0.4 is 0 Å². The first-order chi connectivity index (χ1) is 16.1. The molecule has 0 bridgehead atoms. The van der Waals surface area contributed by atoms with Crippen LogP contribution in [0.2, 0.25) is 0 Å². The topological polar surface area (TPSA) is 0 Å². The van der Waals surface area contributed by atoms with E-state index in [0.717, 1.165) is 45.1 Å². The standard InChI is InChI=1S/C26H16F6S2/c27-25(28,29)19-7-1-17(2-8-19)5-11-23-21(13-15-33-23)22-14-16-34-24(22)12-6-18-3-9-20(10-4-18)26(30,31)32/h1-16H. The molecule has 0 aliphatic heterocycles. The summed E-state index contributed by atoms with van der Waals surface area (Å²) in [5.74, 6) is 0. The summed E-state index contributed by atoms with van der Waals surface area (Å²) in [6.07, 6.45) is -1.48. The van der Waals surface area contributed by atoms with Crippen molar-refractivity contribution >= 4 is 47.0 Å². The summed E-state index contributed by atoms with van der Waals surface area (Å²) in [6.45, 7) is 0. The number of alkyl halides is 6. The van der Waals surface area contributed by atoms with Crippen molar-refractivity contribution in [3.05, 3.63) is 103 Å². The summed E-state index contributed by atoms with van der Waals surface area (Å²) >= 11 is 3.02. The van der Waals surface area contributed by atoms with Crippen molar-refractivity contribution in [3.63, 3.8) is 0 Å². The summed E-state index contributed by atoms with van der Waals surface area (Å²) in [6, 6.07) is 13.9. The van der Waals surface area contributed by atoms with Gasteiger partial charge in [-0.2, -0.15) is 26.3 Å². The Morgan fingerprint density at radius 1 is 0.471 bits per heavy atom. The predicted octanol–water partition coefficient (Wildman–Crippen LogP) is 9.85. The Kier molecular flexibility index (Phi) is 6.81. The monoisotopic (exact) mass is 506 g/mol. The number of hydrogen-bond donors (Lipinski definition) is 0. The van der Waals surface area contributed by atoms with Crippen LogP contribution in [0, 0.1) is 0 Å². The van der Waals surface area contributed by atoms with E-state index in [1.807, 2.05) is 35.0 Å². The average Bonchev–Trinajstić information content (AvgIpc) is 3.44. The number of rotatable bonds is 5. The summed E-state index contributed by atoms with van der Waals surface area (Å²) in [7, 11) is 0. The lowest BCUT2D eigenvalue weighted by atomic mass is 10.1. The van der Waals surface area contributed by atoms with Crippen LogP contribution in [0.25, 0.3) is 35.4 Å². The van der Waals surface area contributed by atoms with Crippen LogP contribution >= 0.6 is 22.7 Å². The second kappa shape index (κ2) is 9.64. The molecule has 0 saturated heterocycles. The molecule has 0 atom stereocenters. The zero-order valence-electron chi connectivity index (χ0n) is 17.3. The number of hydrogen-bond acceptors (Lipinski definition) is 2. The van der Waals surface area contributed by atoms with Gasteiger partial charge in [-0.1, -0.05) is 36.4 Å². The van der Waals surface area contributed by atoms with Gasteiger partial charge in [0.05, 0.1) is 11.1 Å². The molecular formula is C26H16F6S2. The van der Waals surface area contributed by atoms with Gasteiger partial charge in [0.25, 0.3) is 0 Å². The van der Waals surface area contributed by atoms with Crippen LogP contribution in [-0.2, 0) is 12.4 Å². The van der Waals surface area contributed by atoms with E-state index in [1.54, 1.807) is 12.2 Å². The third-order valence-electron chi connectivity index (χ3n) is 5.01. The molecule has 2 aromatic heterocycles. The van der Waals surface area contributed by atoms with Gasteiger partial charge in [-0.05, 0) is 70.4 Å². The van der Waals surface area contributed by atoms with E-state index < -0.39 is 23.5 Å². The Labute approximate surface area is 200 Å². The van der Waals surface area contributed by atoms with Gasteiger partial charge in [0, 0.05) is 20.9 Å². The Morgan fingerprint density at radius 2 is 0.824 bits per heavy atom. The molecule has 0 saturated carbocycles. The lowest BCUT2D eigenvalue weighted by Crippen LogP contribution is -2.03. The fourth-order valence-electron chi connectivity index (χ4n) is 3.26. The lowest BCUT2D eigenvalue weighted by Gasteiger charge is -2.06. The fourth-order valence-corrected chi connectivity index (χ4v) is 4.86. The zero-order valence-corrected chi connectivity index (χ0v) is 19.0. The summed E-state index contributed by atoms with van der Waals surface area (Å²) in [4.78, 5) is 1.89. The second-order valence-electron chi connectivity index (χ2n) is 7.30.